The number of ether oxygens (including phenoxy) is 1. The molecule has 0 aliphatic carbocycles. The van der Waals surface area contributed by atoms with Crippen molar-refractivity contribution < 1.29 is 4.74 Å². The zero-order chi connectivity index (χ0) is 18.8. The number of halogens is 1. The first-order valence-electron chi connectivity index (χ1n) is 9.19. The Morgan fingerprint density at radius 2 is 1.93 bits per heavy atom. The lowest BCUT2D eigenvalue weighted by Gasteiger charge is -2.12. The summed E-state index contributed by atoms with van der Waals surface area (Å²) in [6.07, 6.45) is 3.71. The zero-order valence-electron chi connectivity index (χ0n) is 16.7. The monoisotopic (exact) mass is 482 g/mol. The van der Waals surface area contributed by atoms with E-state index < -0.39 is 0 Å². The number of rotatable bonds is 8. The standard InChI is InChI=1S/C21H30N4O.HI/c1-5-22-21(23-12-10-18-8-7-17(3)25-15-18)24-13-11-19-14-16(2)6-9-20(19)26-4;/h6-9,14-15H,5,10-13H2,1-4H3,(H2,22,23,24);1H. The van der Waals surface area contributed by atoms with Gasteiger partial charge in [-0.15, -0.1) is 24.0 Å². The molecule has 0 aliphatic rings. The highest BCUT2D eigenvalue weighted by molar-refractivity contribution is 14.0. The normalized spacial score (nSPS) is 10.9. The smallest absolute Gasteiger partial charge is 0.191 e. The van der Waals surface area contributed by atoms with Crippen molar-refractivity contribution in [1.29, 1.82) is 0 Å². The number of guanidine groups is 1. The summed E-state index contributed by atoms with van der Waals surface area (Å²) in [6.45, 7) is 8.54. The van der Waals surface area contributed by atoms with Crippen molar-refractivity contribution in [1.82, 2.24) is 15.6 Å². The van der Waals surface area contributed by atoms with Gasteiger partial charge in [-0.05, 0) is 56.9 Å². The highest BCUT2D eigenvalue weighted by Gasteiger charge is 2.03. The minimum atomic E-state index is 0. The number of methoxy groups -OCH3 is 1. The van der Waals surface area contributed by atoms with Crippen LogP contribution in [0.2, 0.25) is 0 Å². The molecular formula is C21H31IN4O. The minimum Gasteiger partial charge on any atom is -0.496 e. The second-order valence-electron chi connectivity index (χ2n) is 6.31. The summed E-state index contributed by atoms with van der Waals surface area (Å²) in [4.78, 5) is 9.02. The Kier molecular flexibility index (Phi) is 10.8. The molecule has 0 radical (unpaired) electrons. The minimum absolute atomic E-state index is 0. The maximum absolute atomic E-state index is 5.44. The van der Waals surface area contributed by atoms with E-state index >= 15 is 0 Å². The van der Waals surface area contributed by atoms with Gasteiger partial charge in [0.15, 0.2) is 5.96 Å². The average Bonchev–Trinajstić information content (AvgIpc) is 2.63. The third-order valence-corrected chi connectivity index (χ3v) is 4.11. The fourth-order valence-corrected chi connectivity index (χ4v) is 2.70. The molecule has 0 saturated carbocycles. The van der Waals surface area contributed by atoms with Gasteiger partial charge >= 0.3 is 0 Å². The molecule has 0 fully saturated rings. The summed E-state index contributed by atoms with van der Waals surface area (Å²) in [6, 6.07) is 10.4. The van der Waals surface area contributed by atoms with E-state index in [0.29, 0.717) is 6.54 Å². The van der Waals surface area contributed by atoms with Crippen LogP contribution >= 0.6 is 24.0 Å². The average molecular weight is 482 g/mol. The van der Waals surface area contributed by atoms with Gasteiger partial charge in [-0.1, -0.05) is 23.8 Å². The number of hydrogen-bond acceptors (Lipinski definition) is 3. The van der Waals surface area contributed by atoms with E-state index in [9.17, 15) is 0 Å². The second-order valence-corrected chi connectivity index (χ2v) is 6.31. The van der Waals surface area contributed by atoms with Crippen LogP contribution in [0.1, 0.15) is 29.3 Å². The van der Waals surface area contributed by atoms with Crippen LogP contribution in [0.3, 0.4) is 0 Å². The van der Waals surface area contributed by atoms with Crippen LogP contribution in [0.15, 0.2) is 41.5 Å². The molecule has 1 aromatic heterocycles. The van der Waals surface area contributed by atoms with Crippen LogP contribution < -0.4 is 15.4 Å². The van der Waals surface area contributed by atoms with Gasteiger partial charge < -0.3 is 15.4 Å². The van der Waals surface area contributed by atoms with Crippen LogP contribution in [0, 0.1) is 13.8 Å². The Morgan fingerprint density at radius 3 is 2.59 bits per heavy atom. The van der Waals surface area contributed by atoms with E-state index in [0.717, 1.165) is 43.3 Å². The van der Waals surface area contributed by atoms with E-state index in [2.05, 4.69) is 52.7 Å². The lowest BCUT2D eigenvalue weighted by atomic mass is 10.1. The number of nitrogens with one attached hydrogen (secondary N) is 2. The predicted molar refractivity (Wildman–Crippen MR) is 124 cm³/mol. The van der Waals surface area contributed by atoms with E-state index in [-0.39, 0.29) is 24.0 Å². The molecule has 27 heavy (non-hydrogen) atoms. The fourth-order valence-electron chi connectivity index (χ4n) is 2.70. The molecule has 1 aromatic carbocycles. The van der Waals surface area contributed by atoms with Crippen molar-refractivity contribution in [2.75, 3.05) is 26.7 Å². The van der Waals surface area contributed by atoms with Crippen LogP contribution in [0.25, 0.3) is 0 Å². The third-order valence-electron chi connectivity index (χ3n) is 4.11. The van der Waals surface area contributed by atoms with Gasteiger partial charge in [-0.25, -0.2) is 0 Å². The Labute approximate surface area is 180 Å². The number of hydrogen-bond donors (Lipinski definition) is 2. The number of nitrogens with zero attached hydrogens (tertiary/aromatic N) is 2. The number of aliphatic imine (C=N–C) groups is 1. The molecule has 1 heterocycles. The maximum Gasteiger partial charge on any atom is 0.191 e. The van der Waals surface area contributed by atoms with Crippen LogP contribution in [0.4, 0.5) is 0 Å². The van der Waals surface area contributed by atoms with E-state index in [1.807, 2.05) is 25.3 Å². The van der Waals surface area contributed by atoms with Gasteiger partial charge in [0.1, 0.15) is 5.75 Å². The maximum atomic E-state index is 5.44. The Balaban J connectivity index is 0.00000364. The van der Waals surface area contributed by atoms with Crippen LogP contribution in [-0.2, 0) is 12.8 Å². The molecule has 0 atom stereocenters. The lowest BCUT2D eigenvalue weighted by Crippen LogP contribution is -2.38. The number of aromatic nitrogens is 1. The van der Waals surface area contributed by atoms with E-state index in [4.69, 9.17) is 4.74 Å². The topological polar surface area (TPSA) is 58.5 Å². The molecule has 0 unspecified atom stereocenters. The van der Waals surface area contributed by atoms with Crippen LogP contribution in [0.5, 0.6) is 5.75 Å². The lowest BCUT2D eigenvalue weighted by molar-refractivity contribution is 0.409. The summed E-state index contributed by atoms with van der Waals surface area (Å²) < 4.78 is 5.44. The predicted octanol–water partition coefficient (Wildman–Crippen LogP) is 3.67. The van der Waals surface area contributed by atoms with Crippen molar-refractivity contribution in [3.05, 3.63) is 58.9 Å². The molecule has 5 nitrogen and oxygen atoms in total. The molecule has 2 rings (SSSR count). The first-order chi connectivity index (χ1) is 12.6. The molecule has 2 aromatic rings. The third kappa shape index (κ3) is 8.15. The number of pyridine rings is 1. The molecule has 0 aliphatic heterocycles. The first kappa shape index (κ1) is 23.2. The Hall–Kier alpha value is -1.83. The highest BCUT2D eigenvalue weighted by atomic mass is 127. The summed E-state index contributed by atoms with van der Waals surface area (Å²) in [5, 5.41) is 6.69. The Morgan fingerprint density at radius 1 is 1.11 bits per heavy atom. The quantitative estimate of drug-likeness (QED) is 0.343. The van der Waals surface area contributed by atoms with Gasteiger partial charge in [0.2, 0.25) is 0 Å². The largest absolute Gasteiger partial charge is 0.496 e. The van der Waals surface area contributed by atoms with Gasteiger partial charge in [0, 0.05) is 31.5 Å². The van der Waals surface area contributed by atoms with Gasteiger partial charge in [0.25, 0.3) is 0 Å². The highest BCUT2D eigenvalue weighted by Crippen LogP contribution is 2.20. The zero-order valence-corrected chi connectivity index (χ0v) is 19.0. The summed E-state index contributed by atoms with van der Waals surface area (Å²) in [7, 11) is 1.71. The van der Waals surface area contributed by atoms with Crippen molar-refractivity contribution >= 4 is 29.9 Å². The van der Waals surface area contributed by atoms with Gasteiger partial charge in [-0.3, -0.25) is 9.98 Å². The Bertz CT molecular complexity index is 717. The molecular weight excluding hydrogens is 451 g/mol. The van der Waals surface area contributed by atoms with Gasteiger partial charge in [-0.2, -0.15) is 0 Å². The first-order valence-corrected chi connectivity index (χ1v) is 9.19. The number of aryl methyl sites for hydroxylation is 2. The van der Waals surface area contributed by atoms with Crippen molar-refractivity contribution in [2.24, 2.45) is 4.99 Å². The SMILES string of the molecule is CCNC(=NCCc1cc(C)ccc1OC)NCCc1ccc(C)nc1.I. The van der Waals surface area contributed by atoms with E-state index in [1.54, 1.807) is 7.11 Å². The summed E-state index contributed by atoms with van der Waals surface area (Å²) in [5.74, 6) is 1.77. The molecule has 148 valence electrons. The molecule has 0 saturated heterocycles. The van der Waals surface area contributed by atoms with Crippen LogP contribution in [-0.4, -0.2) is 37.7 Å². The van der Waals surface area contributed by atoms with Gasteiger partial charge in [0.05, 0.1) is 7.11 Å². The summed E-state index contributed by atoms with van der Waals surface area (Å²) >= 11 is 0. The van der Waals surface area contributed by atoms with Crippen molar-refractivity contribution in [3.63, 3.8) is 0 Å². The molecule has 0 bridgehead atoms. The number of benzene rings is 1. The fraction of sp³-hybridized carbons (Fsp3) is 0.429. The van der Waals surface area contributed by atoms with Crippen molar-refractivity contribution in [3.8, 4) is 5.75 Å². The molecule has 6 heteroatoms. The summed E-state index contributed by atoms with van der Waals surface area (Å²) in [5.41, 5.74) is 4.70. The molecule has 2 N–H and O–H groups in total. The molecule has 0 spiro atoms. The molecule has 0 amide bonds. The second kappa shape index (κ2) is 12.5. The van der Waals surface area contributed by atoms with Crippen molar-refractivity contribution in [2.45, 2.75) is 33.6 Å². The van der Waals surface area contributed by atoms with E-state index in [1.165, 1.54) is 16.7 Å².